The number of halogens is 1. The highest BCUT2D eigenvalue weighted by molar-refractivity contribution is 7.98. The molecule has 1 atom stereocenters. The van der Waals surface area contributed by atoms with Gasteiger partial charge in [-0.2, -0.15) is 11.8 Å². The van der Waals surface area contributed by atoms with Gasteiger partial charge in [-0.1, -0.05) is 11.6 Å². The number of nitrogen functional groups attached to an aromatic ring is 1. The van der Waals surface area contributed by atoms with E-state index in [1.54, 1.807) is 35.8 Å². The van der Waals surface area contributed by atoms with Crippen LogP contribution in [0.15, 0.2) is 12.1 Å². The number of nitrogens with zero attached hydrogens (tertiary/aromatic N) is 2. The zero-order valence-corrected chi connectivity index (χ0v) is 11.7. The molecule has 6 heteroatoms. The molecule has 1 heterocycles. The molecule has 0 radical (unpaired) electrons. The van der Waals surface area contributed by atoms with Gasteiger partial charge in [0.25, 0.3) is 5.91 Å². The van der Waals surface area contributed by atoms with E-state index in [1.165, 1.54) is 0 Å². The minimum atomic E-state index is -0.205. The fraction of sp³-hybridized carbons (Fsp3) is 0.455. The molecule has 0 bridgehead atoms. The molecule has 1 aromatic heterocycles. The molecule has 2 N–H and O–H groups in total. The topological polar surface area (TPSA) is 59.2 Å². The highest BCUT2D eigenvalue weighted by Crippen LogP contribution is 2.18. The third-order valence-electron chi connectivity index (χ3n) is 2.46. The Morgan fingerprint density at radius 1 is 1.65 bits per heavy atom. The molecular formula is C11H16ClN3OS. The molecule has 1 amide bonds. The highest BCUT2D eigenvalue weighted by atomic mass is 35.5. The molecule has 0 aliphatic heterocycles. The Morgan fingerprint density at radius 3 is 2.88 bits per heavy atom. The first-order valence-electron chi connectivity index (χ1n) is 5.15. The molecule has 0 saturated carbocycles. The number of aromatic nitrogens is 1. The minimum Gasteiger partial charge on any atom is -0.384 e. The molecule has 0 fully saturated rings. The summed E-state index contributed by atoms with van der Waals surface area (Å²) >= 11 is 7.63. The fourth-order valence-electron chi connectivity index (χ4n) is 1.33. The van der Waals surface area contributed by atoms with Crippen molar-refractivity contribution in [1.82, 2.24) is 9.88 Å². The maximum Gasteiger partial charge on any atom is 0.274 e. The normalized spacial score (nSPS) is 12.2. The van der Waals surface area contributed by atoms with Crippen LogP contribution in [0.25, 0.3) is 0 Å². The van der Waals surface area contributed by atoms with E-state index >= 15 is 0 Å². The zero-order chi connectivity index (χ0) is 13.0. The Bertz CT molecular complexity index is 414. The molecule has 1 rings (SSSR count). The number of nitrogens with two attached hydrogens (primary N) is 1. The molecule has 0 saturated heterocycles. The molecular weight excluding hydrogens is 258 g/mol. The van der Waals surface area contributed by atoms with Gasteiger partial charge in [0, 0.05) is 18.8 Å². The summed E-state index contributed by atoms with van der Waals surface area (Å²) in [4.78, 5) is 17.8. The van der Waals surface area contributed by atoms with Crippen molar-refractivity contribution in [3.8, 4) is 0 Å². The molecule has 4 nitrogen and oxygen atoms in total. The largest absolute Gasteiger partial charge is 0.384 e. The van der Waals surface area contributed by atoms with Crippen LogP contribution in [0.1, 0.15) is 17.4 Å². The molecule has 0 aliphatic carbocycles. The van der Waals surface area contributed by atoms with Gasteiger partial charge in [-0.05, 0) is 25.3 Å². The molecule has 17 heavy (non-hydrogen) atoms. The monoisotopic (exact) mass is 273 g/mol. The summed E-state index contributed by atoms with van der Waals surface area (Å²) in [5.41, 5.74) is 5.77. The fourth-order valence-corrected chi connectivity index (χ4v) is 2.22. The number of hydrogen-bond acceptors (Lipinski definition) is 4. The number of rotatable bonds is 4. The Labute approximate surface area is 111 Å². The third kappa shape index (κ3) is 3.51. The lowest BCUT2D eigenvalue weighted by atomic mass is 10.2. The van der Waals surface area contributed by atoms with E-state index < -0.39 is 0 Å². The average Bonchev–Trinajstić information content (AvgIpc) is 2.30. The molecule has 0 aromatic carbocycles. The van der Waals surface area contributed by atoms with Crippen LogP contribution in [0, 0.1) is 0 Å². The number of thioether (sulfide) groups is 1. The van der Waals surface area contributed by atoms with Gasteiger partial charge < -0.3 is 10.6 Å². The van der Waals surface area contributed by atoms with E-state index in [0.717, 1.165) is 5.75 Å². The van der Waals surface area contributed by atoms with Crippen molar-refractivity contribution in [3.63, 3.8) is 0 Å². The summed E-state index contributed by atoms with van der Waals surface area (Å²) in [6.45, 7) is 1.98. The summed E-state index contributed by atoms with van der Waals surface area (Å²) in [5.74, 6) is 0.954. The van der Waals surface area contributed by atoms with Gasteiger partial charge in [0.15, 0.2) is 0 Å². The molecule has 1 unspecified atom stereocenters. The van der Waals surface area contributed by atoms with Gasteiger partial charge >= 0.3 is 0 Å². The SMILES string of the molecule is CSCC(C)N(C)C(=O)c1nc(N)ccc1Cl. The van der Waals surface area contributed by atoms with Crippen LogP contribution in [0.2, 0.25) is 5.02 Å². The Morgan fingerprint density at radius 2 is 2.29 bits per heavy atom. The Kier molecular flexibility index (Phi) is 5.08. The van der Waals surface area contributed by atoms with Gasteiger partial charge in [-0.15, -0.1) is 0 Å². The molecule has 0 aliphatic rings. The van der Waals surface area contributed by atoms with E-state index in [2.05, 4.69) is 4.98 Å². The Hall–Kier alpha value is -0.940. The van der Waals surface area contributed by atoms with Crippen molar-refractivity contribution in [1.29, 1.82) is 0 Å². The summed E-state index contributed by atoms with van der Waals surface area (Å²) in [7, 11) is 1.74. The first-order valence-corrected chi connectivity index (χ1v) is 6.92. The van der Waals surface area contributed by atoms with E-state index in [1.807, 2.05) is 13.2 Å². The van der Waals surface area contributed by atoms with Gasteiger partial charge in [-0.25, -0.2) is 4.98 Å². The molecule has 0 spiro atoms. The van der Waals surface area contributed by atoms with Crippen molar-refractivity contribution >= 4 is 35.1 Å². The smallest absolute Gasteiger partial charge is 0.274 e. The van der Waals surface area contributed by atoms with Crippen LogP contribution in [0.3, 0.4) is 0 Å². The van der Waals surface area contributed by atoms with Gasteiger partial charge in [0.2, 0.25) is 0 Å². The second-order valence-electron chi connectivity index (χ2n) is 3.79. The van der Waals surface area contributed by atoms with E-state index in [-0.39, 0.29) is 17.6 Å². The standard InChI is InChI=1S/C11H16ClN3OS/c1-7(6-17-3)15(2)11(16)10-8(12)4-5-9(13)14-10/h4-5,7H,6H2,1-3H3,(H2,13,14). The predicted octanol–water partition coefficient (Wildman–Crippen LogP) is 2.14. The maximum absolute atomic E-state index is 12.1. The van der Waals surface area contributed by atoms with Crippen molar-refractivity contribution < 1.29 is 4.79 Å². The van der Waals surface area contributed by atoms with Crippen LogP contribution in [-0.2, 0) is 0 Å². The lowest BCUT2D eigenvalue weighted by molar-refractivity contribution is 0.0752. The van der Waals surface area contributed by atoms with E-state index in [0.29, 0.717) is 10.8 Å². The lowest BCUT2D eigenvalue weighted by Gasteiger charge is -2.24. The summed E-state index contributed by atoms with van der Waals surface area (Å²) in [6, 6.07) is 3.28. The summed E-state index contributed by atoms with van der Waals surface area (Å²) in [5, 5.41) is 0.326. The number of hydrogen-bond donors (Lipinski definition) is 1. The van der Waals surface area contributed by atoms with Gasteiger partial charge in [0.05, 0.1) is 5.02 Å². The van der Waals surface area contributed by atoms with Crippen molar-refractivity contribution in [2.45, 2.75) is 13.0 Å². The average molecular weight is 274 g/mol. The highest BCUT2D eigenvalue weighted by Gasteiger charge is 2.20. The third-order valence-corrected chi connectivity index (χ3v) is 3.58. The predicted molar refractivity (Wildman–Crippen MR) is 73.6 cm³/mol. The van der Waals surface area contributed by atoms with Crippen LogP contribution in [0.4, 0.5) is 5.82 Å². The maximum atomic E-state index is 12.1. The van der Waals surface area contributed by atoms with Crippen molar-refractivity contribution in [2.75, 3.05) is 24.8 Å². The van der Waals surface area contributed by atoms with Crippen molar-refractivity contribution in [2.24, 2.45) is 0 Å². The number of pyridine rings is 1. The quantitative estimate of drug-likeness (QED) is 0.913. The second kappa shape index (κ2) is 6.12. The Balaban J connectivity index is 2.92. The number of carbonyl (C=O) groups excluding carboxylic acids is 1. The number of carbonyl (C=O) groups is 1. The zero-order valence-electron chi connectivity index (χ0n) is 10.1. The number of anilines is 1. The molecule has 94 valence electrons. The number of amides is 1. The molecule has 1 aromatic rings. The van der Waals surface area contributed by atoms with E-state index in [4.69, 9.17) is 17.3 Å². The van der Waals surface area contributed by atoms with E-state index in [9.17, 15) is 4.79 Å². The van der Waals surface area contributed by atoms with Crippen LogP contribution in [-0.4, -0.2) is 40.9 Å². The van der Waals surface area contributed by atoms with Crippen molar-refractivity contribution in [3.05, 3.63) is 22.8 Å². The first kappa shape index (κ1) is 14.1. The summed E-state index contributed by atoms with van der Waals surface area (Å²) in [6.07, 6.45) is 2.00. The second-order valence-corrected chi connectivity index (χ2v) is 5.10. The van der Waals surface area contributed by atoms with Gasteiger partial charge in [0.1, 0.15) is 11.5 Å². The van der Waals surface area contributed by atoms with Gasteiger partial charge in [-0.3, -0.25) is 4.79 Å². The van der Waals surface area contributed by atoms with Crippen LogP contribution < -0.4 is 5.73 Å². The van der Waals surface area contributed by atoms with Crippen LogP contribution in [0.5, 0.6) is 0 Å². The first-order chi connectivity index (χ1) is 7.97. The minimum absolute atomic E-state index is 0.122. The lowest BCUT2D eigenvalue weighted by Crippen LogP contribution is -2.37. The summed E-state index contributed by atoms with van der Waals surface area (Å²) < 4.78 is 0. The van der Waals surface area contributed by atoms with Crippen LogP contribution >= 0.6 is 23.4 Å².